The van der Waals surface area contributed by atoms with Gasteiger partial charge in [0.1, 0.15) is 18.1 Å². The van der Waals surface area contributed by atoms with Crippen LogP contribution in [0, 0.1) is 13.8 Å². The highest BCUT2D eigenvalue weighted by Crippen LogP contribution is 2.35. The van der Waals surface area contributed by atoms with Gasteiger partial charge in [-0.05, 0) is 50.1 Å². The number of hydrogen-bond acceptors (Lipinski definition) is 5. The van der Waals surface area contributed by atoms with Crippen LogP contribution in [0.4, 0.5) is 11.6 Å². The average molecular weight is 389 g/mol. The van der Waals surface area contributed by atoms with Crippen molar-refractivity contribution in [3.63, 3.8) is 0 Å². The molecule has 0 bridgehead atoms. The lowest BCUT2D eigenvalue weighted by molar-refractivity contribution is -0.113. The number of carbonyl (C=O) groups is 1. The molecule has 2 aromatic carbocycles. The van der Waals surface area contributed by atoms with Crippen LogP contribution in [0.15, 0.2) is 60.1 Å². The number of nitrogens with one attached hydrogen (secondary N) is 2. The van der Waals surface area contributed by atoms with Crippen molar-refractivity contribution in [2.45, 2.75) is 26.8 Å². The molecule has 0 aliphatic carbocycles. The third-order valence-corrected chi connectivity index (χ3v) is 5.10. The largest absolute Gasteiger partial charge is 0.497 e. The number of nitrogens with zero attached hydrogens (tertiary/aromatic N) is 3. The normalized spacial score (nSPS) is 15.5. The number of carbonyl (C=O) groups excluding carboxylic acids is 1. The Morgan fingerprint density at radius 1 is 1.14 bits per heavy atom. The summed E-state index contributed by atoms with van der Waals surface area (Å²) in [5.41, 5.74) is 5.21. The van der Waals surface area contributed by atoms with Crippen LogP contribution < -0.4 is 15.4 Å². The van der Waals surface area contributed by atoms with Crippen molar-refractivity contribution in [2.24, 2.45) is 0 Å². The predicted octanol–water partition coefficient (Wildman–Crippen LogP) is 3.83. The molecule has 29 heavy (non-hydrogen) atoms. The second kappa shape index (κ2) is 7.43. The van der Waals surface area contributed by atoms with Gasteiger partial charge in [-0.1, -0.05) is 29.8 Å². The van der Waals surface area contributed by atoms with Crippen LogP contribution in [0.3, 0.4) is 0 Å². The number of benzene rings is 2. The molecule has 1 atom stereocenters. The molecule has 1 unspecified atom stereocenters. The van der Waals surface area contributed by atoms with E-state index in [1.54, 1.807) is 11.8 Å². The van der Waals surface area contributed by atoms with Crippen LogP contribution in [0.2, 0.25) is 0 Å². The van der Waals surface area contributed by atoms with Gasteiger partial charge in [0.05, 0.1) is 12.7 Å². The summed E-state index contributed by atoms with van der Waals surface area (Å²) in [7, 11) is 1.63. The van der Waals surface area contributed by atoms with Crippen molar-refractivity contribution in [1.82, 2.24) is 14.8 Å². The number of methoxy groups -OCH3 is 1. The zero-order valence-electron chi connectivity index (χ0n) is 16.9. The van der Waals surface area contributed by atoms with Crippen LogP contribution >= 0.6 is 0 Å². The molecule has 0 saturated heterocycles. The molecule has 1 aliphatic heterocycles. The monoisotopic (exact) mass is 389 g/mol. The van der Waals surface area contributed by atoms with Crippen LogP contribution in [-0.4, -0.2) is 27.8 Å². The van der Waals surface area contributed by atoms with E-state index in [1.165, 1.54) is 6.33 Å². The quantitative estimate of drug-likeness (QED) is 0.709. The number of rotatable bonds is 4. The highest BCUT2D eigenvalue weighted by atomic mass is 16.5. The van der Waals surface area contributed by atoms with Gasteiger partial charge in [0, 0.05) is 11.4 Å². The molecule has 1 aliphatic rings. The second-order valence-electron chi connectivity index (χ2n) is 7.14. The van der Waals surface area contributed by atoms with Gasteiger partial charge < -0.3 is 15.4 Å². The summed E-state index contributed by atoms with van der Waals surface area (Å²) in [6.45, 7) is 5.90. The maximum absolute atomic E-state index is 13.4. The zero-order chi connectivity index (χ0) is 20.5. The summed E-state index contributed by atoms with van der Waals surface area (Å²) in [6.07, 6.45) is 1.48. The van der Waals surface area contributed by atoms with Gasteiger partial charge in [0.2, 0.25) is 5.95 Å². The Morgan fingerprint density at radius 3 is 2.59 bits per heavy atom. The third-order valence-electron chi connectivity index (χ3n) is 5.10. The fraction of sp³-hybridized carbons (Fsp3) is 0.227. The molecule has 4 rings (SSSR count). The fourth-order valence-corrected chi connectivity index (χ4v) is 3.62. The molecule has 1 aromatic heterocycles. The Hall–Kier alpha value is -3.61. The number of ether oxygens (including phenoxy) is 1. The van der Waals surface area contributed by atoms with Crippen molar-refractivity contribution in [2.75, 3.05) is 17.7 Å². The van der Waals surface area contributed by atoms with Gasteiger partial charge in [0.25, 0.3) is 5.91 Å². The van der Waals surface area contributed by atoms with Gasteiger partial charge in [-0.15, -0.1) is 0 Å². The Kier molecular flexibility index (Phi) is 4.80. The van der Waals surface area contributed by atoms with Gasteiger partial charge in [0.15, 0.2) is 0 Å². The number of aryl methyl sites for hydroxylation is 2. The SMILES string of the molecule is COc1ccc(C2C(C(=O)Nc3ccc(C)cc3C)=C(C)Nc3ncnn32)cc1. The van der Waals surface area contributed by atoms with E-state index < -0.39 is 6.04 Å². The van der Waals surface area contributed by atoms with E-state index in [2.05, 4.69) is 20.7 Å². The van der Waals surface area contributed by atoms with E-state index >= 15 is 0 Å². The molecule has 148 valence electrons. The first-order chi connectivity index (χ1) is 14.0. The molecule has 2 heterocycles. The molecule has 7 heteroatoms. The van der Waals surface area contributed by atoms with Gasteiger partial charge in [-0.25, -0.2) is 4.68 Å². The lowest BCUT2D eigenvalue weighted by atomic mass is 9.94. The van der Waals surface area contributed by atoms with Crippen molar-refractivity contribution >= 4 is 17.5 Å². The number of anilines is 2. The topological polar surface area (TPSA) is 81.1 Å². The molecule has 7 nitrogen and oxygen atoms in total. The lowest BCUT2D eigenvalue weighted by Gasteiger charge is -2.29. The molecule has 0 spiro atoms. The number of hydrogen-bond donors (Lipinski definition) is 2. The lowest BCUT2D eigenvalue weighted by Crippen LogP contribution is -2.31. The fourth-order valence-electron chi connectivity index (χ4n) is 3.62. The molecule has 0 saturated carbocycles. The predicted molar refractivity (Wildman–Crippen MR) is 112 cm³/mol. The molecular formula is C22H23N5O2. The maximum Gasteiger partial charge on any atom is 0.255 e. The van der Waals surface area contributed by atoms with E-state index in [9.17, 15) is 4.79 Å². The Bertz CT molecular complexity index is 1100. The number of amides is 1. The minimum absolute atomic E-state index is 0.177. The van der Waals surface area contributed by atoms with E-state index in [0.29, 0.717) is 11.5 Å². The third kappa shape index (κ3) is 3.47. The smallest absolute Gasteiger partial charge is 0.255 e. The molecule has 1 amide bonds. The van der Waals surface area contributed by atoms with Crippen molar-refractivity contribution in [3.05, 3.63) is 76.8 Å². The summed E-state index contributed by atoms with van der Waals surface area (Å²) in [5, 5.41) is 10.6. The first-order valence-corrected chi connectivity index (χ1v) is 9.38. The van der Waals surface area contributed by atoms with Gasteiger partial charge >= 0.3 is 0 Å². The van der Waals surface area contributed by atoms with Crippen LogP contribution in [0.1, 0.15) is 29.7 Å². The average Bonchev–Trinajstić information content (AvgIpc) is 3.17. The van der Waals surface area contributed by atoms with E-state index in [-0.39, 0.29) is 5.91 Å². The van der Waals surface area contributed by atoms with Gasteiger partial charge in [-0.2, -0.15) is 10.1 Å². The first kappa shape index (κ1) is 18.7. The van der Waals surface area contributed by atoms with Crippen LogP contribution in [0.25, 0.3) is 0 Å². The van der Waals surface area contributed by atoms with Crippen LogP contribution in [-0.2, 0) is 4.79 Å². The standard InChI is InChI=1S/C22H23N5O2/c1-13-5-10-18(14(2)11-13)26-21(28)19-15(3)25-22-23-12-24-27(22)20(19)16-6-8-17(29-4)9-7-16/h5-12,20H,1-4H3,(H,26,28)(H,23,24,25). The van der Waals surface area contributed by atoms with Crippen molar-refractivity contribution < 1.29 is 9.53 Å². The Morgan fingerprint density at radius 2 is 1.90 bits per heavy atom. The van der Waals surface area contributed by atoms with Crippen LogP contribution in [0.5, 0.6) is 5.75 Å². The summed E-state index contributed by atoms with van der Waals surface area (Å²) in [4.78, 5) is 17.6. The summed E-state index contributed by atoms with van der Waals surface area (Å²) >= 11 is 0. The van der Waals surface area contributed by atoms with Crippen molar-refractivity contribution in [1.29, 1.82) is 0 Å². The minimum Gasteiger partial charge on any atom is -0.497 e. The summed E-state index contributed by atoms with van der Waals surface area (Å²) < 4.78 is 7.00. The van der Waals surface area contributed by atoms with E-state index in [0.717, 1.165) is 33.8 Å². The van der Waals surface area contributed by atoms with Gasteiger partial charge in [-0.3, -0.25) is 4.79 Å². The highest BCUT2D eigenvalue weighted by Gasteiger charge is 2.33. The molecule has 0 radical (unpaired) electrons. The highest BCUT2D eigenvalue weighted by molar-refractivity contribution is 6.06. The molecular weight excluding hydrogens is 366 g/mol. The van der Waals surface area contributed by atoms with E-state index in [1.807, 2.05) is 63.2 Å². The molecule has 2 N–H and O–H groups in total. The maximum atomic E-state index is 13.4. The Labute approximate surface area is 169 Å². The zero-order valence-corrected chi connectivity index (χ0v) is 16.9. The van der Waals surface area contributed by atoms with E-state index in [4.69, 9.17) is 4.74 Å². The minimum atomic E-state index is -0.398. The molecule has 0 fully saturated rings. The number of allylic oxidation sites excluding steroid dienone is 1. The summed E-state index contributed by atoms with van der Waals surface area (Å²) in [5.74, 6) is 1.18. The first-order valence-electron chi connectivity index (χ1n) is 9.38. The molecule has 3 aromatic rings. The number of fused-ring (bicyclic) bond motifs is 1. The Balaban J connectivity index is 1.75. The number of aromatic nitrogens is 3. The second-order valence-corrected chi connectivity index (χ2v) is 7.14. The summed E-state index contributed by atoms with van der Waals surface area (Å²) in [6, 6.07) is 13.2. The van der Waals surface area contributed by atoms with Crippen molar-refractivity contribution in [3.8, 4) is 5.75 Å².